The number of alkyl halides is 1. The fourth-order valence-corrected chi connectivity index (χ4v) is 3.19. The summed E-state index contributed by atoms with van der Waals surface area (Å²) in [6, 6.07) is 8.37. The normalized spacial score (nSPS) is 12.1. The van der Waals surface area contributed by atoms with Crippen molar-refractivity contribution in [2.45, 2.75) is 12.3 Å². The molecule has 0 saturated heterocycles. The molecule has 0 aromatic heterocycles. The first-order chi connectivity index (χ1) is 9.97. The van der Waals surface area contributed by atoms with Gasteiger partial charge in [0.2, 0.25) is 0 Å². The first kappa shape index (κ1) is 16.1. The van der Waals surface area contributed by atoms with Crippen LogP contribution in [0.3, 0.4) is 0 Å². The number of halogens is 3. The van der Waals surface area contributed by atoms with Gasteiger partial charge in [-0.2, -0.15) is 0 Å². The van der Waals surface area contributed by atoms with Crippen LogP contribution in [0.25, 0.3) is 0 Å². The van der Waals surface area contributed by atoms with E-state index in [1.54, 1.807) is 20.3 Å². The second-order valence-corrected chi connectivity index (χ2v) is 5.86. The van der Waals surface area contributed by atoms with Crippen LogP contribution in [0.1, 0.15) is 22.1 Å². The molecule has 112 valence electrons. The van der Waals surface area contributed by atoms with Gasteiger partial charge in [-0.15, -0.1) is 11.6 Å². The Labute approximate surface area is 137 Å². The van der Waals surface area contributed by atoms with Gasteiger partial charge in [-0.05, 0) is 58.2 Å². The van der Waals surface area contributed by atoms with Crippen LogP contribution >= 0.6 is 27.5 Å². The van der Waals surface area contributed by atoms with Crippen molar-refractivity contribution in [3.63, 3.8) is 0 Å². The summed E-state index contributed by atoms with van der Waals surface area (Å²) in [5.41, 5.74) is 2.25. The Morgan fingerprint density at radius 1 is 1.14 bits per heavy atom. The fourth-order valence-electron chi connectivity index (χ4n) is 2.21. The second kappa shape index (κ2) is 6.67. The molecule has 0 fully saturated rings. The molecule has 21 heavy (non-hydrogen) atoms. The maximum atomic E-state index is 13.6. The van der Waals surface area contributed by atoms with Crippen molar-refractivity contribution in [1.29, 1.82) is 0 Å². The molecular formula is C16H15BrClFO2. The van der Waals surface area contributed by atoms with Gasteiger partial charge >= 0.3 is 0 Å². The highest BCUT2D eigenvalue weighted by atomic mass is 79.9. The monoisotopic (exact) mass is 372 g/mol. The highest BCUT2D eigenvalue weighted by Crippen LogP contribution is 2.43. The first-order valence-corrected chi connectivity index (χ1v) is 7.52. The minimum Gasteiger partial charge on any atom is -0.495 e. The summed E-state index contributed by atoms with van der Waals surface area (Å²) in [5, 5.41) is -0.517. The SMILES string of the molecule is COc1ccc(C(Cl)c2cc(C)cc(F)c2)c(OC)c1Br. The van der Waals surface area contributed by atoms with E-state index in [-0.39, 0.29) is 5.82 Å². The minimum absolute atomic E-state index is 0.304. The van der Waals surface area contributed by atoms with E-state index in [9.17, 15) is 4.39 Å². The molecule has 2 aromatic carbocycles. The van der Waals surface area contributed by atoms with Gasteiger partial charge in [0, 0.05) is 5.56 Å². The summed E-state index contributed by atoms with van der Waals surface area (Å²) in [6.45, 7) is 1.83. The van der Waals surface area contributed by atoms with Gasteiger partial charge < -0.3 is 9.47 Å². The van der Waals surface area contributed by atoms with Crippen LogP contribution in [-0.2, 0) is 0 Å². The molecule has 0 bridgehead atoms. The van der Waals surface area contributed by atoms with E-state index < -0.39 is 5.38 Å². The van der Waals surface area contributed by atoms with Gasteiger partial charge in [-0.25, -0.2) is 4.39 Å². The summed E-state index contributed by atoms with van der Waals surface area (Å²) in [6.07, 6.45) is 0. The van der Waals surface area contributed by atoms with Gasteiger partial charge in [0.1, 0.15) is 21.8 Å². The molecule has 2 aromatic rings. The predicted molar refractivity (Wildman–Crippen MR) is 86.1 cm³/mol. The number of methoxy groups -OCH3 is 2. The van der Waals surface area contributed by atoms with Crippen LogP contribution < -0.4 is 9.47 Å². The van der Waals surface area contributed by atoms with Crippen molar-refractivity contribution in [3.8, 4) is 11.5 Å². The van der Waals surface area contributed by atoms with Gasteiger partial charge in [-0.1, -0.05) is 6.07 Å². The lowest BCUT2D eigenvalue weighted by Gasteiger charge is -2.18. The van der Waals surface area contributed by atoms with Crippen LogP contribution in [0.15, 0.2) is 34.8 Å². The maximum Gasteiger partial charge on any atom is 0.141 e. The predicted octanol–water partition coefficient (Wildman–Crippen LogP) is 5.24. The lowest BCUT2D eigenvalue weighted by Crippen LogP contribution is -2.00. The second-order valence-electron chi connectivity index (χ2n) is 4.63. The summed E-state index contributed by atoms with van der Waals surface area (Å²) in [7, 11) is 3.14. The van der Waals surface area contributed by atoms with E-state index in [1.165, 1.54) is 12.1 Å². The number of ether oxygens (including phenoxy) is 2. The topological polar surface area (TPSA) is 18.5 Å². The molecule has 0 aliphatic carbocycles. The molecule has 0 N–H and O–H groups in total. The van der Waals surface area contributed by atoms with Gasteiger partial charge in [0.05, 0.1) is 19.6 Å². The summed E-state index contributed by atoms with van der Waals surface area (Å²) in [4.78, 5) is 0. The first-order valence-electron chi connectivity index (χ1n) is 6.29. The van der Waals surface area contributed by atoms with Gasteiger partial charge in [0.15, 0.2) is 0 Å². The van der Waals surface area contributed by atoms with Crippen molar-refractivity contribution in [3.05, 3.63) is 57.3 Å². The third-order valence-electron chi connectivity index (χ3n) is 3.15. The molecule has 0 aliphatic rings. The van der Waals surface area contributed by atoms with Crippen LogP contribution in [0.2, 0.25) is 0 Å². The Hall–Kier alpha value is -1.26. The molecule has 0 saturated carbocycles. The van der Waals surface area contributed by atoms with Crippen molar-refractivity contribution < 1.29 is 13.9 Å². The third-order valence-corrected chi connectivity index (χ3v) is 4.38. The molecular weight excluding hydrogens is 359 g/mol. The van der Waals surface area contributed by atoms with E-state index in [0.29, 0.717) is 21.5 Å². The molecule has 0 heterocycles. The Morgan fingerprint density at radius 2 is 1.86 bits per heavy atom. The molecule has 1 unspecified atom stereocenters. The van der Waals surface area contributed by atoms with Crippen LogP contribution in [0.5, 0.6) is 11.5 Å². The Bertz CT molecular complexity index is 641. The molecule has 5 heteroatoms. The average Bonchev–Trinajstić information content (AvgIpc) is 2.45. The molecule has 0 aliphatic heterocycles. The van der Waals surface area contributed by atoms with Crippen molar-refractivity contribution in [2.24, 2.45) is 0 Å². The van der Waals surface area contributed by atoms with Crippen LogP contribution in [-0.4, -0.2) is 14.2 Å². The highest BCUT2D eigenvalue weighted by molar-refractivity contribution is 9.10. The Balaban J connectivity index is 2.52. The largest absolute Gasteiger partial charge is 0.495 e. The third kappa shape index (κ3) is 3.33. The molecule has 2 nitrogen and oxygen atoms in total. The van der Waals surface area contributed by atoms with Crippen LogP contribution in [0, 0.1) is 12.7 Å². The smallest absolute Gasteiger partial charge is 0.141 e. The Morgan fingerprint density at radius 3 is 2.43 bits per heavy atom. The lowest BCUT2D eigenvalue weighted by atomic mass is 10.0. The Kier molecular flexibility index (Phi) is 5.12. The highest BCUT2D eigenvalue weighted by Gasteiger charge is 2.20. The quantitative estimate of drug-likeness (QED) is 0.682. The number of rotatable bonds is 4. The van der Waals surface area contributed by atoms with Crippen LogP contribution in [0.4, 0.5) is 4.39 Å². The zero-order valence-electron chi connectivity index (χ0n) is 11.9. The summed E-state index contributed by atoms with van der Waals surface area (Å²) in [5.74, 6) is 0.924. The molecule has 0 spiro atoms. The van der Waals surface area contributed by atoms with Gasteiger partial charge in [-0.3, -0.25) is 0 Å². The number of hydrogen-bond acceptors (Lipinski definition) is 2. The van der Waals surface area contributed by atoms with E-state index in [1.807, 2.05) is 19.1 Å². The minimum atomic E-state index is -0.517. The van der Waals surface area contributed by atoms with E-state index in [2.05, 4.69) is 15.9 Å². The molecule has 1 atom stereocenters. The zero-order chi connectivity index (χ0) is 15.6. The molecule has 0 amide bonds. The zero-order valence-corrected chi connectivity index (χ0v) is 14.3. The lowest BCUT2D eigenvalue weighted by molar-refractivity contribution is 0.386. The molecule has 0 radical (unpaired) electrons. The van der Waals surface area contributed by atoms with Crippen molar-refractivity contribution >= 4 is 27.5 Å². The number of aryl methyl sites for hydroxylation is 1. The molecule has 2 rings (SSSR count). The van der Waals surface area contributed by atoms with Crippen molar-refractivity contribution in [2.75, 3.05) is 14.2 Å². The van der Waals surface area contributed by atoms with Gasteiger partial charge in [0.25, 0.3) is 0 Å². The van der Waals surface area contributed by atoms with E-state index in [4.69, 9.17) is 21.1 Å². The standard InChI is InChI=1S/C16H15BrClFO2/c1-9-6-10(8-11(19)7-9)15(18)12-4-5-13(20-2)14(17)16(12)21-3/h4-8,15H,1-3H3. The number of benzene rings is 2. The van der Waals surface area contributed by atoms with E-state index in [0.717, 1.165) is 11.1 Å². The maximum absolute atomic E-state index is 13.6. The average molecular weight is 374 g/mol. The summed E-state index contributed by atoms with van der Waals surface area (Å²) >= 11 is 9.96. The van der Waals surface area contributed by atoms with E-state index >= 15 is 0 Å². The fraction of sp³-hybridized carbons (Fsp3) is 0.250. The number of hydrogen-bond donors (Lipinski definition) is 0. The van der Waals surface area contributed by atoms with Crippen molar-refractivity contribution in [1.82, 2.24) is 0 Å². The summed E-state index contributed by atoms with van der Waals surface area (Å²) < 4.78 is 24.9.